The first-order valence-electron chi connectivity index (χ1n) is 15.2. The Bertz CT molecular complexity index is 1700. The molecule has 1 aliphatic carbocycles. The third-order valence-electron chi connectivity index (χ3n) is 8.35. The minimum absolute atomic E-state index is 0.0683. The summed E-state index contributed by atoms with van der Waals surface area (Å²) < 4.78 is 11.3. The van der Waals surface area contributed by atoms with E-state index in [-0.39, 0.29) is 12.5 Å². The monoisotopic (exact) mass is 596 g/mol. The Morgan fingerprint density at radius 1 is 0.644 bits per heavy atom. The van der Waals surface area contributed by atoms with Crippen molar-refractivity contribution < 1.29 is 19.1 Å². The highest BCUT2D eigenvalue weighted by Crippen LogP contribution is 2.51. The fourth-order valence-electron chi connectivity index (χ4n) is 6.24. The van der Waals surface area contributed by atoms with Crippen LogP contribution in [0.1, 0.15) is 27.8 Å². The molecular formula is C39H36N2O4. The molecule has 2 atom stereocenters. The first kappa shape index (κ1) is 30.0. The molecule has 1 amide bonds. The van der Waals surface area contributed by atoms with Gasteiger partial charge >= 0.3 is 5.97 Å². The summed E-state index contributed by atoms with van der Waals surface area (Å²) in [5, 5.41) is 6.78. The number of fused-ring (bicyclic) bond motifs is 3. The number of rotatable bonds is 12. The number of amides is 1. The maximum absolute atomic E-state index is 14.3. The number of esters is 1. The van der Waals surface area contributed by atoms with Crippen LogP contribution in [0, 0.1) is 0 Å². The van der Waals surface area contributed by atoms with E-state index in [0.29, 0.717) is 13.0 Å². The van der Waals surface area contributed by atoms with Gasteiger partial charge in [-0.05, 0) is 38.9 Å². The molecule has 5 aromatic carbocycles. The normalized spacial score (nSPS) is 14.1. The van der Waals surface area contributed by atoms with Crippen molar-refractivity contribution >= 4 is 11.9 Å². The average Bonchev–Trinajstić information content (AvgIpc) is 3.38. The van der Waals surface area contributed by atoms with E-state index in [1.165, 1.54) is 7.11 Å². The molecule has 1 aliphatic rings. The Hall–Kier alpha value is -5.04. The molecule has 45 heavy (non-hydrogen) atoms. The summed E-state index contributed by atoms with van der Waals surface area (Å²) in [6.45, 7) is 0.404. The third-order valence-corrected chi connectivity index (χ3v) is 8.35. The predicted octanol–water partition coefficient (Wildman–Crippen LogP) is 6.03. The molecule has 0 saturated carbocycles. The van der Waals surface area contributed by atoms with Crippen molar-refractivity contribution in [2.45, 2.75) is 30.7 Å². The second-order valence-corrected chi connectivity index (χ2v) is 11.2. The first-order chi connectivity index (χ1) is 22.1. The van der Waals surface area contributed by atoms with Gasteiger partial charge in [-0.3, -0.25) is 10.1 Å². The van der Waals surface area contributed by atoms with E-state index in [1.54, 1.807) is 0 Å². The zero-order chi connectivity index (χ0) is 31.1. The number of ether oxygens (including phenoxy) is 2. The highest BCUT2D eigenvalue weighted by atomic mass is 16.5. The van der Waals surface area contributed by atoms with Gasteiger partial charge in [0.05, 0.1) is 25.9 Å². The number of carbonyl (C=O) groups excluding carboxylic acids is 2. The molecule has 0 bridgehead atoms. The van der Waals surface area contributed by atoms with E-state index < -0.39 is 23.6 Å². The minimum Gasteiger partial charge on any atom is -0.467 e. The van der Waals surface area contributed by atoms with Gasteiger partial charge in [-0.25, -0.2) is 4.79 Å². The largest absolute Gasteiger partial charge is 0.467 e. The molecule has 0 aliphatic heterocycles. The van der Waals surface area contributed by atoms with Gasteiger partial charge in [0, 0.05) is 6.42 Å². The number of methoxy groups -OCH3 is 1. The van der Waals surface area contributed by atoms with E-state index in [0.717, 1.165) is 38.9 Å². The maximum atomic E-state index is 14.3. The lowest BCUT2D eigenvalue weighted by Crippen LogP contribution is -2.58. The lowest BCUT2D eigenvalue weighted by atomic mass is 9.80. The Morgan fingerprint density at radius 2 is 1.16 bits per heavy atom. The van der Waals surface area contributed by atoms with Gasteiger partial charge in [0.1, 0.15) is 12.1 Å². The molecule has 0 aromatic heterocycles. The van der Waals surface area contributed by atoms with Crippen molar-refractivity contribution in [2.24, 2.45) is 0 Å². The Balaban J connectivity index is 1.39. The number of hydrogen-bond acceptors (Lipinski definition) is 5. The molecule has 0 spiro atoms. The SMILES string of the molecule is COC(=O)[C@H](Cc1ccccc1)NC(=O)[C@H](COCc1ccccc1)NC1(c2ccccc2)c2ccccc2-c2ccccc21. The maximum Gasteiger partial charge on any atom is 0.328 e. The summed E-state index contributed by atoms with van der Waals surface area (Å²) in [4.78, 5) is 27.3. The molecule has 0 heterocycles. The van der Waals surface area contributed by atoms with E-state index in [9.17, 15) is 9.59 Å². The topological polar surface area (TPSA) is 76.7 Å². The van der Waals surface area contributed by atoms with Crippen molar-refractivity contribution in [3.8, 4) is 11.1 Å². The average molecular weight is 597 g/mol. The van der Waals surface area contributed by atoms with E-state index in [4.69, 9.17) is 9.47 Å². The summed E-state index contributed by atoms with van der Waals surface area (Å²) in [6, 6.07) is 44.5. The van der Waals surface area contributed by atoms with Crippen molar-refractivity contribution in [3.05, 3.63) is 167 Å². The summed E-state index contributed by atoms with van der Waals surface area (Å²) in [7, 11) is 1.34. The van der Waals surface area contributed by atoms with Crippen LogP contribution in [-0.4, -0.2) is 37.7 Å². The fourth-order valence-corrected chi connectivity index (χ4v) is 6.24. The number of benzene rings is 5. The molecule has 6 rings (SSSR count). The lowest BCUT2D eigenvalue weighted by Gasteiger charge is -2.37. The molecule has 6 heteroatoms. The van der Waals surface area contributed by atoms with Gasteiger partial charge < -0.3 is 14.8 Å². The van der Waals surface area contributed by atoms with Crippen LogP contribution in [0.4, 0.5) is 0 Å². The molecular weight excluding hydrogens is 560 g/mol. The molecule has 6 nitrogen and oxygen atoms in total. The molecule has 0 unspecified atom stereocenters. The van der Waals surface area contributed by atoms with Crippen LogP contribution >= 0.6 is 0 Å². The molecule has 5 aromatic rings. The summed E-state index contributed by atoms with van der Waals surface area (Å²) >= 11 is 0. The summed E-state index contributed by atoms with van der Waals surface area (Å²) in [5.74, 6) is -0.864. The van der Waals surface area contributed by atoms with Crippen LogP contribution in [0.5, 0.6) is 0 Å². The van der Waals surface area contributed by atoms with E-state index in [2.05, 4.69) is 47.0 Å². The molecule has 0 saturated heterocycles. The highest BCUT2D eigenvalue weighted by Gasteiger charge is 2.46. The zero-order valence-electron chi connectivity index (χ0n) is 25.2. The van der Waals surface area contributed by atoms with Crippen LogP contribution in [0.3, 0.4) is 0 Å². The van der Waals surface area contributed by atoms with Crippen LogP contribution in [0.2, 0.25) is 0 Å². The van der Waals surface area contributed by atoms with Gasteiger partial charge in [0.25, 0.3) is 0 Å². The Labute approximate surface area is 264 Å². The zero-order valence-corrected chi connectivity index (χ0v) is 25.2. The third kappa shape index (κ3) is 6.29. The molecule has 226 valence electrons. The van der Waals surface area contributed by atoms with Crippen molar-refractivity contribution in [3.63, 3.8) is 0 Å². The Kier molecular flexibility index (Phi) is 9.15. The number of nitrogens with one attached hydrogen (secondary N) is 2. The van der Waals surface area contributed by atoms with Gasteiger partial charge in [-0.2, -0.15) is 0 Å². The van der Waals surface area contributed by atoms with Gasteiger partial charge in [-0.15, -0.1) is 0 Å². The van der Waals surface area contributed by atoms with Crippen molar-refractivity contribution in [2.75, 3.05) is 13.7 Å². The standard InChI is InChI=1S/C39H36N2O4/c1-44-38(43)35(25-28-15-5-2-6-16-28)40-37(42)36(27-45-26-29-17-7-3-8-18-29)41-39(30-19-9-4-10-20-30)33-23-13-11-21-31(33)32-22-12-14-24-34(32)39/h2-24,35-36,41H,25-27H2,1H3,(H,40,42)/t35-,36-/m0/s1. The molecule has 0 fully saturated rings. The van der Waals surface area contributed by atoms with Crippen LogP contribution in [0.15, 0.2) is 140 Å². The second kappa shape index (κ2) is 13.7. The van der Waals surface area contributed by atoms with Crippen LogP contribution < -0.4 is 10.6 Å². The minimum atomic E-state index is -0.876. The smallest absolute Gasteiger partial charge is 0.328 e. The summed E-state index contributed by atoms with van der Waals surface area (Å²) in [6.07, 6.45) is 0.298. The van der Waals surface area contributed by atoms with Crippen LogP contribution in [0.25, 0.3) is 11.1 Å². The lowest BCUT2D eigenvalue weighted by molar-refractivity contribution is -0.145. The predicted molar refractivity (Wildman–Crippen MR) is 175 cm³/mol. The summed E-state index contributed by atoms with van der Waals surface area (Å²) in [5.41, 5.74) is 6.36. The molecule has 2 N–H and O–H groups in total. The van der Waals surface area contributed by atoms with Gasteiger partial charge in [-0.1, -0.05) is 140 Å². The van der Waals surface area contributed by atoms with Gasteiger partial charge in [0.2, 0.25) is 5.91 Å². The Morgan fingerprint density at radius 3 is 1.73 bits per heavy atom. The second-order valence-electron chi connectivity index (χ2n) is 11.2. The van der Waals surface area contributed by atoms with Crippen molar-refractivity contribution in [1.82, 2.24) is 10.6 Å². The van der Waals surface area contributed by atoms with E-state index >= 15 is 0 Å². The quantitative estimate of drug-likeness (QED) is 0.172. The highest BCUT2D eigenvalue weighted by molar-refractivity contribution is 5.89. The number of carbonyl (C=O) groups is 2. The van der Waals surface area contributed by atoms with Crippen LogP contribution in [-0.2, 0) is 37.6 Å². The van der Waals surface area contributed by atoms with Gasteiger partial charge in [0.15, 0.2) is 0 Å². The number of hydrogen-bond donors (Lipinski definition) is 2. The van der Waals surface area contributed by atoms with E-state index in [1.807, 2.05) is 103 Å². The van der Waals surface area contributed by atoms with Crippen molar-refractivity contribution in [1.29, 1.82) is 0 Å². The first-order valence-corrected chi connectivity index (χ1v) is 15.2. The fraction of sp³-hybridized carbons (Fsp3) is 0.179. The molecule has 0 radical (unpaired) electrons.